The minimum atomic E-state index is -3.50. The second-order valence-electron chi connectivity index (χ2n) is 6.75. The molecule has 1 atom stereocenters. The lowest BCUT2D eigenvalue weighted by molar-refractivity contribution is 0.0726. The number of pyridine rings is 1. The molecule has 4 rings (SSSR count). The quantitative estimate of drug-likeness (QED) is 0.828. The maximum Gasteiger partial charge on any atom is 0.255 e. The molecule has 0 spiro atoms. The molecule has 1 fully saturated rings. The number of sulfonamides is 1. The van der Waals surface area contributed by atoms with Crippen molar-refractivity contribution >= 4 is 21.6 Å². The van der Waals surface area contributed by atoms with Crippen LogP contribution < -0.4 is 4.31 Å². The Morgan fingerprint density at radius 1 is 1.12 bits per heavy atom. The van der Waals surface area contributed by atoms with E-state index in [1.807, 2.05) is 24.3 Å². The van der Waals surface area contributed by atoms with Crippen LogP contribution in [-0.4, -0.2) is 49.1 Å². The van der Waals surface area contributed by atoms with Crippen LogP contribution in [0.5, 0.6) is 0 Å². The van der Waals surface area contributed by atoms with Crippen molar-refractivity contribution in [3.05, 3.63) is 59.9 Å². The summed E-state index contributed by atoms with van der Waals surface area (Å²) >= 11 is 0. The zero-order chi connectivity index (χ0) is 18.1. The second kappa shape index (κ2) is 6.72. The molecule has 3 heterocycles. The number of aromatic nitrogens is 1. The van der Waals surface area contributed by atoms with Gasteiger partial charge in [-0.15, -0.1) is 0 Å². The van der Waals surface area contributed by atoms with Crippen molar-refractivity contribution in [3.8, 4) is 0 Å². The molecule has 26 heavy (non-hydrogen) atoms. The van der Waals surface area contributed by atoms with Crippen molar-refractivity contribution in [1.29, 1.82) is 0 Å². The lowest BCUT2D eigenvalue weighted by atomic mass is 10.1. The first-order valence-corrected chi connectivity index (χ1v) is 10.4. The normalized spacial score (nSPS) is 20.1. The zero-order valence-electron chi connectivity index (χ0n) is 14.4. The van der Waals surface area contributed by atoms with E-state index in [0.717, 1.165) is 17.7 Å². The van der Waals surface area contributed by atoms with Gasteiger partial charge in [0.05, 0.1) is 16.5 Å². The smallest absolute Gasteiger partial charge is 0.255 e. The fourth-order valence-corrected chi connectivity index (χ4v) is 5.78. The van der Waals surface area contributed by atoms with Crippen LogP contribution >= 0.6 is 0 Å². The first-order chi connectivity index (χ1) is 12.6. The van der Waals surface area contributed by atoms with Crippen molar-refractivity contribution in [2.24, 2.45) is 0 Å². The SMILES string of the molecule is O=C(c1cccnc1)N1CCC[C@H](S(=O)(=O)N2CCc3ccccc32)C1. The molecule has 1 amide bonds. The van der Waals surface area contributed by atoms with Gasteiger partial charge >= 0.3 is 0 Å². The van der Waals surface area contributed by atoms with Crippen LogP contribution in [0, 0.1) is 0 Å². The van der Waals surface area contributed by atoms with E-state index in [0.29, 0.717) is 31.5 Å². The molecule has 0 saturated carbocycles. The predicted molar refractivity (Wildman–Crippen MR) is 99.6 cm³/mol. The van der Waals surface area contributed by atoms with Crippen molar-refractivity contribution in [3.63, 3.8) is 0 Å². The number of likely N-dealkylation sites (tertiary alicyclic amines) is 1. The Labute approximate surface area is 153 Å². The van der Waals surface area contributed by atoms with E-state index in [1.165, 1.54) is 10.5 Å². The number of carbonyl (C=O) groups is 1. The Bertz CT molecular complexity index is 915. The molecule has 1 aromatic carbocycles. The Hall–Kier alpha value is -2.41. The lowest BCUT2D eigenvalue weighted by Crippen LogP contribution is -2.49. The van der Waals surface area contributed by atoms with E-state index >= 15 is 0 Å². The zero-order valence-corrected chi connectivity index (χ0v) is 15.2. The molecule has 0 radical (unpaired) electrons. The highest BCUT2D eigenvalue weighted by atomic mass is 32.2. The summed E-state index contributed by atoms with van der Waals surface area (Å²) in [7, 11) is -3.50. The third-order valence-corrected chi connectivity index (χ3v) is 7.37. The van der Waals surface area contributed by atoms with Gasteiger partial charge in [-0.2, -0.15) is 0 Å². The predicted octanol–water partition coefficient (Wildman–Crippen LogP) is 2.08. The molecule has 1 saturated heterocycles. The van der Waals surface area contributed by atoms with E-state index in [4.69, 9.17) is 0 Å². The summed E-state index contributed by atoms with van der Waals surface area (Å²) in [5.41, 5.74) is 2.34. The lowest BCUT2D eigenvalue weighted by Gasteiger charge is -2.35. The average Bonchev–Trinajstić information content (AvgIpc) is 3.13. The first kappa shape index (κ1) is 17.0. The Kier molecular flexibility index (Phi) is 4.40. The molecule has 0 aliphatic carbocycles. The van der Waals surface area contributed by atoms with E-state index < -0.39 is 15.3 Å². The number of hydrogen-bond acceptors (Lipinski definition) is 4. The number of piperidine rings is 1. The summed E-state index contributed by atoms with van der Waals surface area (Å²) in [6.45, 7) is 1.29. The van der Waals surface area contributed by atoms with Gasteiger partial charge in [0.15, 0.2) is 0 Å². The number of anilines is 1. The molecule has 2 aliphatic heterocycles. The first-order valence-electron chi connectivity index (χ1n) is 8.86. The minimum Gasteiger partial charge on any atom is -0.337 e. The van der Waals surface area contributed by atoms with Crippen LogP contribution in [0.25, 0.3) is 0 Å². The number of nitrogens with zero attached hydrogens (tertiary/aromatic N) is 3. The number of hydrogen-bond donors (Lipinski definition) is 0. The monoisotopic (exact) mass is 371 g/mol. The van der Waals surface area contributed by atoms with Crippen molar-refractivity contribution in [2.75, 3.05) is 23.9 Å². The van der Waals surface area contributed by atoms with Crippen molar-refractivity contribution in [2.45, 2.75) is 24.5 Å². The fourth-order valence-electron chi connectivity index (χ4n) is 3.79. The Morgan fingerprint density at radius 3 is 2.77 bits per heavy atom. The van der Waals surface area contributed by atoms with Crippen LogP contribution in [0.2, 0.25) is 0 Å². The molecule has 1 aromatic heterocycles. The number of para-hydroxylation sites is 1. The summed E-state index contributed by atoms with van der Waals surface area (Å²) in [6.07, 6.45) is 5.14. The highest BCUT2D eigenvalue weighted by Gasteiger charge is 2.39. The molecule has 0 unspecified atom stereocenters. The standard InChI is InChI=1S/C19H21N3O3S/c23-19(16-6-3-10-20-13-16)21-11-4-7-17(14-21)26(24,25)22-12-9-15-5-1-2-8-18(15)22/h1-3,5-6,8,10,13,17H,4,7,9,11-12,14H2/t17-/m0/s1. The van der Waals surface area contributed by atoms with Gasteiger partial charge in [-0.05, 0) is 43.0 Å². The van der Waals surface area contributed by atoms with Gasteiger partial charge < -0.3 is 4.90 Å². The van der Waals surface area contributed by atoms with E-state index in [-0.39, 0.29) is 12.5 Å². The third-order valence-electron chi connectivity index (χ3n) is 5.15. The van der Waals surface area contributed by atoms with Gasteiger partial charge in [0.2, 0.25) is 10.0 Å². The fraction of sp³-hybridized carbons (Fsp3) is 0.368. The average molecular weight is 371 g/mol. The van der Waals surface area contributed by atoms with Crippen molar-refractivity contribution in [1.82, 2.24) is 9.88 Å². The van der Waals surface area contributed by atoms with Gasteiger partial charge in [-0.1, -0.05) is 18.2 Å². The Balaban J connectivity index is 1.55. The summed E-state index contributed by atoms with van der Waals surface area (Å²) < 4.78 is 28.0. The molecule has 2 aromatic rings. The van der Waals surface area contributed by atoms with Gasteiger partial charge in [0.25, 0.3) is 5.91 Å². The van der Waals surface area contributed by atoms with Gasteiger partial charge in [0, 0.05) is 32.0 Å². The number of rotatable bonds is 3. The Morgan fingerprint density at radius 2 is 1.96 bits per heavy atom. The largest absolute Gasteiger partial charge is 0.337 e. The van der Waals surface area contributed by atoms with Gasteiger partial charge in [-0.25, -0.2) is 8.42 Å². The highest BCUT2D eigenvalue weighted by Crippen LogP contribution is 2.33. The maximum absolute atomic E-state index is 13.2. The van der Waals surface area contributed by atoms with Crippen LogP contribution in [0.3, 0.4) is 0 Å². The number of benzene rings is 1. The molecule has 136 valence electrons. The highest BCUT2D eigenvalue weighted by molar-refractivity contribution is 7.93. The molecule has 6 nitrogen and oxygen atoms in total. The van der Waals surface area contributed by atoms with Crippen LogP contribution in [0.1, 0.15) is 28.8 Å². The van der Waals surface area contributed by atoms with E-state index in [2.05, 4.69) is 4.98 Å². The molecule has 0 bridgehead atoms. The minimum absolute atomic E-state index is 0.153. The number of carbonyl (C=O) groups excluding carboxylic acids is 1. The number of amides is 1. The van der Waals surface area contributed by atoms with E-state index in [9.17, 15) is 13.2 Å². The second-order valence-corrected chi connectivity index (χ2v) is 8.89. The summed E-state index contributed by atoms with van der Waals surface area (Å²) in [5, 5.41) is -0.567. The van der Waals surface area contributed by atoms with Gasteiger partial charge in [-0.3, -0.25) is 14.1 Å². The summed E-state index contributed by atoms with van der Waals surface area (Å²) in [6, 6.07) is 11.1. The molecule has 2 aliphatic rings. The molecular weight excluding hydrogens is 350 g/mol. The number of fused-ring (bicyclic) bond motifs is 1. The molecule has 0 N–H and O–H groups in total. The molecular formula is C19H21N3O3S. The van der Waals surface area contributed by atoms with Crippen LogP contribution in [0.4, 0.5) is 5.69 Å². The van der Waals surface area contributed by atoms with Crippen LogP contribution in [-0.2, 0) is 16.4 Å². The maximum atomic E-state index is 13.2. The summed E-state index contributed by atoms with van der Waals surface area (Å²) in [4.78, 5) is 18.3. The molecule has 7 heteroatoms. The topological polar surface area (TPSA) is 70.6 Å². The van der Waals surface area contributed by atoms with Gasteiger partial charge in [0.1, 0.15) is 0 Å². The van der Waals surface area contributed by atoms with E-state index in [1.54, 1.807) is 23.2 Å². The summed E-state index contributed by atoms with van der Waals surface area (Å²) in [5.74, 6) is -0.153. The third kappa shape index (κ3) is 2.96. The van der Waals surface area contributed by atoms with Crippen molar-refractivity contribution < 1.29 is 13.2 Å². The van der Waals surface area contributed by atoms with Crippen LogP contribution in [0.15, 0.2) is 48.8 Å².